The summed E-state index contributed by atoms with van der Waals surface area (Å²) in [7, 11) is 3.24. The van der Waals surface area contributed by atoms with Crippen LogP contribution in [0.5, 0.6) is 5.75 Å². The van der Waals surface area contributed by atoms with Crippen LogP contribution in [0.15, 0.2) is 18.2 Å². The molecule has 1 aromatic carbocycles. The topological polar surface area (TPSA) is 68.0 Å². The number of methoxy groups -OCH3 is 2. The predicted molar refractivity (Wildman–Crippen MR) is 94.3 cm³/mol. The number of carbonyl (C=O) groups excluding carboxylic acids is 1. The van der Waals surface area contributed by atoms with Gasteiger partial charge >= 0.3 is 0 Å². The Morgan fingerprint density at radius 2 is 2.00 bits per heavy atom. The molecule has 1 aliphatic rings. The van der Waals surface area contributed by atoms with Crippen LogP contribution >= 0.6 is 11.6 Å². The van der Waals surface area contributed by atoms with Gasteiger partial charge in [-0.05, 0) is 18.2 Å². The molecule has 1 aromatic rings. The lowest BCUT2D eigenvalue weighted by Crippen LogP contribution is -2.49. The Morgan fingerprint density at radius 3 is 2.58 bits per heavy atom. The molecule has 134 valence electrons. The van der Waals surface area contributed by atoms with E-state index in [1.165, 1.54) is 0 Å². The third-order valence-corrected chi connectivity index (χ3v) is 4.60. The summed E-state index contributed by atoms with van der Waals surface area (Å²) in [5.74, 6) is 0.941. The maximum atomic E-state index is 12.3. The van der Waals surface area contributed by atoms with Gasteiger partial charge in [0, 0.05) is 57.0 Å². The van der Waals surface area contributed by atoms with Gasteiger partial charge in [0.15, 0.2) is 0 Å². The van der Waals surface area contributed by atoms with Crippen molar-refractivity contribution in [2.75, 3.05) is 46.9 Å². The standard InChI is InChI=1S/C17H26ClN3O3/c1-23-15(11-19)10-17(22)21-7-5-20(6-8-21)12-13-9-14(18)3-4-16(13)24-2/h3-4,9,15H,5-8,10-12,19H2,1-2H3. The van der Waals surface area contributed by atoms with Crippen molar-refractivity contribution in [1.29, 1.82) is 0 Å². The van der Waals surface area contributed by atoms with Gasteiger partial charge in [-0.25, -0.2) is 0 Å². The number of rotatable bonds is 7. The monoisotopic (exact) mass is 355 g/mol. The summed E-state index contributed by atoms with van der Waals surface area (Å²) in [5, 5.41) is 0.701. The van der Waals surface area contributed by atoms with Crippen molar-refractivity contribution >= 4 is 17.5 Å². The van der Waals surface area contributed by atoms with Gasteiger partial charge in [0.1, 0.15) is 5.75 Å². The zero-order valence-electron chi connectivity index (χ0n) is 14.3. The molecule has 1 unspecified atom stereocenters. The van der Waals surface area contributed by atoms with E-state index in [4.69, 9.17) is 26.8 Å². The number of amides is 1. The van der Waals surface area contributed by atoms with Crippen molar-refractivity contribution in [3.05, 3.63) is 28.8 Å². The molecular weight excluding hydrogens is 330 g/mol. The molecule has 6 nitrogen and oxygen atoms in total. The SMILES string of the molecule is COc1ccc(Cl)cc1CN1CCN(C(=O)CC(CN)OC)CC1. The van der Waals surface area contributed by atoms with Gasteiger partial charge < -0.3 is 20.1 Å². The Bertz CT molecular complexity index is 544. The number of nitrogens with zero attached hydrogens (tertiary/aromatic N) is 2. The van der Waals surface area contributed by atoms with Crippen LogP contribution in [-0.4, -0.2) is 68.8 Å². The van der Waals surface area contributed by atoms with Crippen molar-refractivity contribution in [3.63, 3.8) is 0 Å². The fourth-order valence-electron chi connectivity index (χ4n) is 2.85. The summed E-state index contributed by atoms with van der Waals surface area (Å²) in [5.41, 5.74) is 6.64. The summed E-state index contributed by atoms with van der Waals surface area (Å²) in [6.07, 6.45) is 0.140. The lowest BCUT2D eigenvalue weighted by molar-refractivity contribution is -0.135. The Kier molecular flexibility index (Phi) is 7.30. The Balaban J connectivity index is 1.87. The second kappa shape index (κ2) is 9.22. The smallest absolute Gasteiger partial charge is 0.225 e. The number of benzene rings is 1. The van der Waals surface area contributed by atoms with Crippen LogP contribution in [0.25, 0.3) is 0 Å². The van der Waals surface area contributed by atoms with Gasteiger partial charge in [-0.1, -0.05) is 11.6 Å². The van der Waals surface area contributed by atoms with Crippen LogP contribution in [-0.2, 0) is 16.1 Å². The number of carbonyl (C=O) groups is 1. The highest BCUT2D eigenvalue weighted by atomic mass is 35.5. The van der Waals surface area contributed by atoms with Gasteiger partial charge in [-0.2, -0.15) is 0 Å². The predicted octanol–water partition coefficient (Wildman–Crippen LogP) is 1.36. The molecule has 1 amide bonds. The molecule has 0 aromatic heterocycles. The summed E-state index contributed by atoms with van der Waals surface area (Å²) in [6.45, 7) is 4.18. The molecule has 0 aliphatic carbocycles. The minimum atomic E-state index is -0.203. The molecule has 0 bridgehead atoms. The van der Waals surface area contributed by atoms with Crippen molar-refractivity contribution in [2.45, 2.75) is 19.1 Å². The maximum absolute atomic E-state index is 12.3. The molecule has 0 spiro atoms. The van der Waals surface area contributed by atoms with Gasteiger partial charge in [0.05, 0.1) is 19.6 Å². The molecule has 1 atom stereocenters. The van der Waals surface area contributed by atoms with Crippen molar-refractivity contribution in [1.82, 2.24) is 9.80 Å². The molecule has 7 heteroatoms. The Labute approximate surface area is 148 Å². The average Bonchev–Trinajstić information content (AvgIpc) is 2.60. The van der Waals surface area contributed by atoms with E-state index in [0.29, 0.717) is 31.1 Å². The number of piperazine rings is 1. The number of hydrogen-bond donors (Lipinski definition) is 1. The molecule has 1 heterocycles. The average molecular weight is 356 g/mol. The summed E-state index contributed by atoms with van der Waals surface area (Å²) < 4.78 is 10.6. The fourth-order valence-corrected chi connectivity index (χ4v) is 3.05. The first kappa shape index (κ1) is 19.0. The first-order chi connectivity index (χ1) is 11.6. The molecule has 1 saturated heterocycles. The minimum absolute atomic E-state index is 0.104. The molecule has 0 radical (unpaired) electrons. The first-order valence-electron chi connectivity index (χ1n) is 8.12. The van der Waals surface area contributed by atoms with Crippen molar-refractivity contribution < 1.29 is 14.3 Å². The van der Waals surface area contributed by atoms with E-state index in [1.54, 1.807) is 14.2 Å². The fraction of sp³-hybridized carbons (Fsp3) is 0.588. The zero-order valence-corrected chi connectivity index (χ0v) is 15.1. The zero-order chi connectivity index (χ0) is 17.5. The van der Waals surface area contributed by atoms with E-state index in [9.17, 15) is 4.79 Å². The summed E-state index contributed by atoms with van der Waals surface area (Å²) >= 11 is 6.08. The van der Waals surface area contributed by atoms with E-state index in [-0.39, 0.29) is 12.0 Å². The van der Waals surface area contributed by atoms with Gasteiger partial charge in [0.2, 0.25) is 5.91 Å². The maximum Gasteiger partial charge on any atom is 0.225 e. The van der Waals surface area contributed by atoms with Crippen molar-refractivity contribution in [3.8, 4) is 5.75 Å². The molecule has 2 rings (SSSR count). The summed E-state index contributed by atoms with van der Waals surface area (Å²) in [4.78, 5) is 16.5. The molecule has 1 aliphatic heterocycles. The second-order valence-electron chi connectivity index (χ2n) is 5.91. The van der Waals surface area contributed by atoms with Gasteiger partial charge in [-0.3, -0.25) is 9.69 Å². The second-order valence-corrected chi connectivity index (χ2v) is 6.35. The van der Waals surface area contributed by atoms with Crippen LogP contribution in [0.2, 0.25) is 5.02 Å². The number of hydrogen-bond acceptors (Lipinski definition) is 5. The lowest BCUT2D eigenvalue weighted by Gasteiger charge is -2.35. The molecular formula is C17H26ClN3O3. The molecule has 1 fully saturated rings. The number of ether oxygens (including phenoxy) is 2. The number of nitrogens with two attached hydrogens (primary N) is 1. The van der Waals surface area contributed by atoms with E-state index in [2.05, 4.69) is 4.90 Å². The van der Waals surface area contributed by atoms with E-state index >= 15 is 0 Å². The highest BCUT2D eigenvalue weighted by Gasteiger charge is 2.23. The van der Waals surface area contributed by atoms with Crippen LogP contribution < -0.4 is 10.5 Å². The van der Waals surface area contributed by atoms with E-state index in [0.717, 1.165) is 30.9 Å². The first-order valence-corrected chi connectivity index (χ1v) is 8.50. The van der Waals surface area contributed by atoms with Crippen molar-refractivity contribution in [2.24, 2.45) is 5.73 Å². The lowest BCUT2D eigenvalue weighted by atomic mass is 10.1. The largest absolute Gasteiger partial charge is 0.496 e. The highest BCUT2D eigenvalue weighted by Crippen LogP contribution is 2.24. The van der Waals surface area contributed by atoms with Crippen LogP contribution in [0.3, 0.4) is 0 Å². The molecule has 2 N–H and O–H groups in total. The molecule has 0 saturated carbocycles. The van der Waals surface area contributed by atoms with E-state index < -0.39 is 0 Å². The normalized spacial score (nSPS) is 16.9. The van der Waals surface area contributed by atoms with Crippen LogP contribution in [0.4, 0.5) is 0 Å². The third-order valence-electron chi connectivity index (χ3n) is 4.36. The highest BCUT2D eigenvalue weighted by molar-refractivity contribution is 6.30. The Morgan fingerprint density at radius 1 is 1.29 bits per heavy atom. The Hall–Kier alpha value is -1.34. The third kappa shape index (κ3) is 5.08. The van der Waals surface area contributed by atoms with Gasteiger partial charge in [-0.15, -0.1) is 0 Å². The minimum Gasteiger partial charge on any atom is -0.496 e. The quantitative estimate of drug-likeness (QED) is 0.799. The van der Waals surface area contributed by atoms with Crippen LogP contribution in [0, 0.1) is 0 Å². The number of halogens is 1. The van der Waals surface area contributed by atoms with Crippen LogP contribution in [0.1, 0.15) is 12.0 Å². The van der Waals surface area contributed by atoms with E-state index in [1.807, 2.05) is 23.1 Å². The summed E-state index contributed by atoms with van der Waals surface area (Å²) in [6, 6.07) is 5.64. The van der Waals surface area contributed by atoms with Gasteiger partial charge in [0.25, 0.3) is 0 Å². The molecule has 24 heavy (non-hydrogen) atoms.